The second-order valence-electron chi connectivity index (χ2n) is 6.84. The summed E-state index contributed by atoms with van der Waals surface area (Å²) in [6.45, 7) is 3.26. The molecule has 2 N–H and O–H groups in total. The van der Waals surface area contributed by atoms with Crippen molar-refractivity contribution in [3.05, 3.63) is 63.6 Å². The lowest BCUT2D eigenvalue weighted by atomic mass is 10.0. The number of nitrogens with two attached hydrogens (primary N) is 1. The standard InChI is InChI=1S/C20H22Cl2F3N3/c21-17-5-4-14(12-18(17)22)19(6-7-26)28-10-8-27(9-11-28)16-3-1-2-15(13-16)20(23,24)25/h1-5,12-13,19H,6-11,26H2. The zero-order valence-corrected chi connectivity index (χ0v) is 16.7. The molecule has 1 fully saturated rings. The van der Waals surface area contributed by atoms with E-state index in [1.807, 2.05) is 17.0 Å². The molecule has 3 nitrogen and oxygen atoms in total. The Hall–Kier alpha value is -1.47. The summed E-state index contributed by atoms with van der Waals surface area (Å²) in [4.78, 5) is 4.29. The Kier molecular flexibility index (Phi) is 6.76. The van der Waals surface area contributed by atoms with Gasteiger partial charge in [0.15, 0.2) is 0 Å². The van der Waals surface area contributed by atoms with Crippen LogP contribution in [0.25, 0.3) is 0 Å². The van der Waals surface area contributed by atoms with E-state index in [1.54, 1.807) is 12.1 Å². The number of alkyl halides is 3. The van der Waals surface area contributed by atoms with E-state index in [-0.39, 0.29) is 6.04 Å². The second-order valence-corrected chi connectivity index (χ2v) is 7.65. The minimum absolute atomic E-state index is 0.100. The molecule has 1 atom stereocenters. The van der Waals surface area contributed by atoms with Crippen molar-refractivity contribution in [2.24, 2.45) is 5.73 Å². The molecule has 1 aliphatic rings. The third-order valence-corrected chi connectivity index (χ3v) is 5.80. The van der Waals surface area contributed by atoms with Crippen LogP contribution in [0.3, 0.4) is 0 Å². The highest BCUT2D eigenvalue weighted by Gasteiger charge is 2.31. The Balaban J connectivity index is 1.71. The molecular formula is C20H22Cl2F3N3. The average Bonchev–Trinajstić information content (AvgIpc) is 2.68. The van der Waals surface area contributed by atoms with Gasteiger partial charge in [-0.3, -0.25) is 4.90 Å². The van der Waals surface area contributed by atoms with E-state index < -0.39 is 11.7 Å². The molecule has 2 aromatic carbocycles. The molecule has 0 bridgehead atoms. The van der Waals surface area contributed by atoms with Crippen molar-refractivity contribution in [3.8, 4) is 0 Å². The highest BCUT2D eigenvalue weighted by atomic mass is 35.5. The zero-order valence-electron chi connectivity index (χ0n) is 15.2. The van der Waals surface area contributed by atoms with Gasteiger partial charge in [0.25, 0.3) is 0 Å². The number of halogens is 5. The van der Waals surface area contributed by atoms with Gasteiger partial charge >= 0.3 is 6.18 Å². The van der Waals surface area contributed by atoms with Gasteiger partial charge in [0.05, 0.1) is 15.6 Å². The quantitative estimate of drug-likeness (QED) is 0.703. The van der Waals surface area contributed by atoms with Crippen LogP contribution in [0.5, 0.6) is 0 Å². The fourth-order valence-corrected chi connectivity index (χ4v) is 3.91. The van der Waals surface area contributed by atoms with Gasteiger partial charge in [-0.15, -0.1) is 0 Å². The number of hydrogen-bond acceptors (Lipinski definition) is 3. The van der Waals surface area contributed by atoms with Crippen molar-refractivity contribution in [1.29, 1.82) is 0 Å². The molecule has 152 valence electrons. The van der Waals surface area contributed by atoms with E-state index in [0.717, 1.165) is 31.1 Å². The normalized spacial score (nSPS) is 17.0. The summed E-state index contributed by atoms with van der Waals surface area (Å²) in [6.07, 6.45) is -3.57. The largest absolute Gasteiger partial charge is 0.416 e. The molecule has 8 heteroatoms. The molecule has 1 heterocycles. The number of benzene rings is 2. The van der Waals surface area contributed by atoms with Gasteiger partial charge in [0.1, 0.15) is 0 Å². The van der Waals surface area contributed by atoms with Crippen molar-refractivity contribution < 1.29 is 13.2 Å². The third kappa shape index (κ3) is 4.92. The van der Waals surface area contributed by atoms with E-state index >= 15 is 0 Å². The minimum Gasteiger partial charge on any atom is -0.369 e. The van der Waals surface area contributed by atoms with Gasteiger partial charge in [-0.05, 0) is 48.9 Å². The molecule has 0 saturated carbocycles. The smallest absolute Gasteiger partial charge is 0.369 e. The van der Waals surface area contributed by atoms with Crippen LogP contribution in [0.1, 0.15) is 23.6 Å². The van der Waals surface area contributed by atoms with Crippen LogP contribution < -0.4 is 10.6 Å². The van der Waals surface area contributed by atoms with E-state index in [1.165, 1.54) is 12.1 Å². The van der Waals surface area contributed by atoms with E-state index in [0.29, 0.717) is 35.4 Å². The molecule has 0 radical (unpaired) electrons. The lowest BCUT2D eigenvalue weighted by molar-refractivity contribution is -0.137. The molecule has 28 heavy (non-hydrogen) atoms. The maximum Gasteiger partial charge on any atom is 0.416 e. The van der Waals surface area contributed by atoms with Gasteiger partial charge in [-0.1, -0.05) is 35.3 Å². The maximum absolute atomic E-state index is 13.0. The fraction of sp³-hybridized carbons (Fsp3) is 0.400. The Morgan fingerprint density at radius 1 is 0.964 bits per heavy atom. The number of rotatable bonds is 5. The van der Waals surface area contributed by atoms with Crippen LogP contribution >= 0.6 is 23.2 Å². The van der Waals surface area contributed by atoms with Gasteiger partial charge in [0, 0.05) is 37.9 Å². The number of piperazine rings is 1. The summed E-state index contributed by atoms with van der Waals surface area (Å²) in [5, 5.41) is 1.01. The van der Waals surface area contributed by atoms with Gasteiger partial charge < -0.3 is 10.6 Å². The molecule has 1 aliphatic heterocycles. The topological polar surface area (TPSA) is 32.5 Å². The minimum atomic E-state index is -4.34. The molecule has 0 spiro atoms. The molecule has 0 amide bonds. The van der Waals surface area contributed by atoms with Crippen LogP contribution in [0, 0.1) is 0 Å². The summed E-state index contributed by atoms with van der Waals surface area (Å²) in [5.74, 6) is 0. The highest BCUT2D eigenvalue weighted by molar-refractivity contribution is 6.42. The molecule has 0 aliphatic carbocycles. The van der Waals surface area contributed by atoms with Crippen molar-refractivity contribution in [2.45, 2.75) is 18.6 Å². The van der Waals surface area contributed by atoms with E-state index in [4.69, 9.17) is 28.9 Å². The zero-order chi connectivity index (χ0) is 20.3. The van der Waals surface area contributed by atoms with Crippen LogP contribution in [-0.4, -0.2) is 37.6 Å². The summed E-state index contributed by atoms with van der Waals surface area (Å²) < 4.78 is 38.9. The predicted octanol–water partition coefficient (Wildman–Crippen LogP) is 5.22. The Morgan fingerprint density at radius 2 is 1.68 bits per heavy atom. The molecule has 3 rings (SSSR count). The molecule has 0 aromatic heterocycles. The molecule has 1 unspecified atom stereocenters. The lowest BCUT2D eigenvalue weighted by Crippen LogP contribution is -2.48. The number of anilines is 1. The maximum atomic E-state index is 13.0. The first-order chi connectivity index (χ1) is 13.3. The van der Waals surface area contributed by atoms with Crippen LogP contribution in [0.2, 0.25) is 10.0 Å². The first-order valence-electron chi connectivity index (χ1n) is 9.11. The summed E-state index contributed by atoms with van der Waals surface area (Å²) in [6, 6.07) is 11.2. The van der Waals surface area contributed by atoms with E-state index in [2.05, 4.69) is 4.90 Å². The Labute approximate surface area is 172 Å². The molecular weight excluding hydrogens is 410 g/mol. The Morgan fingerprint density at radius 3 is 2.29 bits per heavy atom. The SMILES string of the molecule is NCCC(c1ccc(Cl)c(Cl)c1)N1CCN(c2cccc(C(F)(F)F)c2)CC1. The first kappa shape index (κ1) is 21.2. The van der Waals surface area contributed by atoms with E-state index in [9.17, 15) is 13.2 Å². The number of nitrogens with zero attached hydrogens (tertiary/aromatic N) is 2. The van der Waals surface area contributed by atoms with Gasteiger partial charge in [0.2, 0.25) is 0 Å². The third-order valence-electron chi connectivity index (χ3n) is 5.06. The van der Waals surface area contributed by atoms with Gasteiger partial charge in [-0.2, -0.15) is 13.2 Å². The van der Waals surface area contributed by atoms with Crippen molar-refractivity contribution >= 4 is 28.9 Å². The van der Waals surface area contributed by atoms with Crippen molar-refractivity contribution in [1.82, 2.24) is 4.90 Å². The average molecular weight is 432 g/mol. The molecule has 1 saturated heterocycles. The van der Waals surface area contributed by atoms with Crippen LogP contribution in [0.4, 0.5) is 18.9 Å². The molecule has 2 aromatic rings. The van der Waals surface area contributed by atoms with Crippen molar-refractivity contribution in [3.63, 3.8) is 0 Å². The van der Waals surface area contributed by atoms with Crippen LogP contribution in [0.15, 0.2) is 42.5 Å². The summed E-state index contributed by atoms with van der Waals surface area (Å²) in [5.41, 5.74) is 6.84. The summed E-state index contributed by atoms with van der Waals surface area (Å²) >= 11 is 12.2. The number of hydrogen-bond donors (Lipinski definition) is 1. The predicted molar refractivity (Wildman–Crippen MR) is 108 cm³/mol. The monoisotopic (exact) mass is 431 g/mol. The fourth-order valence-electron chi connectivity index (χ4n) is 3.61. The first-order valence-corrected chi connectivity index (χ1v) is 9.86. The van der Waals surface area contributed by atoms with Crippen LogP contribution in [-0.2, 0) is 6.18 Å². The Bertz CT molecular complexity index is 806. The van der Waals surface area contributed by atoms with Gasteiger partial charge in [-0.25, -0.2) is 0 Å². The summed E-state index contributed by atoms with van der Waals surface area (Å²) in [7, 11) is 0. The second kappa shape index (κ2) is 8.91. The highest BCUT2D eigenvalue weighted by Crippen LogP contribution is 2.33. The lowest BCUT2D eigenvalue weighted by Gasteiger charge is -2.40. The van der Waals surface area contributed by atoms with Crippen molar-refractivity contribution in [2.75, 3.05) is 37.6 Å².